The standard InChI is InChI=1S/C19H23ClO4S/c1-3-5-8-24-18-15(20)11-13(12-16(18)23-4-2)10-14(19(21)22)17-7-6-9-25-17/h6-7,9,11-12,14H,3-5,8,10H2,1-2H3,(H,21,22). The number of halogens is 1. The van der Waals surface area contributed by atoms with Crippen molar-refractivity contribution in [3.05, 3.63) is 45.1 Å². The summed E-state index contributed by atoms with van der Waals surface area (Å²) in [4.78, 5) is 12.5. The molecule has 2 rings (SSSR count). The molecule has 1 unspecified atom stereocenters. The number of carboxylic acids is 1. The van der Waals surface area contributed by atoms with E-state index in [2.05, 4.69) is 6.92 Å². The maximum absolute atomic E-state index is 11.7. The van der Waals surface area contributed by atoms with Gasteiger partial charge in [-0.25, -0.2) is 0 Å². The van der Waals surface area contributed by atoms with Crippen LogP contribution in [0.5, 0.6) is 11.5 Å². The molecule has 2 aromatic rings. The number of hydrogen-bond acceptors (Lipinski definition) is 4. The zero-order chi connectivity index (χ0) is 18.2. The lowest BCUT2D eigenvalue weighted by atomic mass is 9.97. The molecule has 0 bridgehead atoms. The molecule has 1 heterocycles. The van der Waals surface area contributed by atoms with Crippen LogP contribution in [0.15, 0.2) is 29.6 Å². The van der Waals surface area contributed by atoms with Gasteiger partial charge in [-0.15, -0.1) is 11.3 Å². The first-order valence-electron chi connectivity index (χ1n) is 8.41. The van der Waals surface area contributed by atoms with Crippen LogP contribution < -0.4 is 9.47 Å². The highest BCUT2D eigenvalue weighted by Crippen LogP contribution is 2.38. The van der Waals surface area contributed by atoms with Crippen LogP contribution in [0.2, 0.25) is 5.02 Å². The van der Waals surface area contributed by atoms with Gasteiger partial charge in [-0.05, 0) is 48.9 Å². The van der Waals surface area contributed by atoms with Gasteiger partial charge < -0.3 is 14.6 Å². The van der Waals surface area contributed by atoms with E-state index in [9.17, 15) is 9.90 Å². The predicted octanol–water partition coefficient (Wildman–Crippen LogP) is 5.39. The van der Waals surface area contributed by atoms with Gasteiger partial charge in [0.2, 0.25) is 0 Å². The van der Waals surface area contributed by atoms with E-state index in [0.717, 1.165) is 23.3 Å². The summed E-state index contributed by atoms with van der Waals surface area (Å²) in [6.45, 7) is 5.04. The molecule has 1 N–H and O–H groups in total. The smallest absolute Gasteiger partial charge is 0.312 e. The molecule has 0 saturated carbocycles. The van der Waals surface area contributed by atoms with E-state index in [-0.39, 0.29) is 0 Å². The van der Waals surface area contributed by atoms with Crippen molar-refractivity contribution in [3.8, 4) is 11.5 Å². The van der Waals surface area contributed by atoms with Crippen LogP contribution >= 0.6 is 22.9 Å². The average molecular weight is 383 g/mol. The average Bonchev–Trinajstić information content (AvgIpc) is 3.09. The van der Waals surface area contributed by atoms with Crippen molar-refractivity contribution in [1.82, 2.24) is 0 Å². The fourth-order valence-electron chi connectivity index (χ4n) is 2.50. The molecule has 1 aromatic carbocycles. The molecule has 6 heteroatoms. The Labute approximate surface area is 157 Å². The maximum atomic E-state index is 11.7. The topological polar surface area (TPSA) is 55.8 Å². The third-order valence-corrected chi connectivity index (χ3v) is 5.00. The van der Waals surface area contributed by atoms with E-state index in [0.29, 0.717) is 36.2 Å². The monoisotopic (exact) mass is 382 g/mol. The summed E-state index contributed by atoms with van der Waals surface area (Å²) in [6.07, 6.45) is 2.31. The van der Waals surface area contributed by atoms with Crippen molar-refractivity contribution < 1.29 is 19.4 Å². The molecule has 136 valence electrons. The molecule has 0 radical (unpaired) electrons. The number of aliphatic carboxylic acids is 1. The van der Waals surface area contributed by atoms with Crippen molar-refractivity contribution in [2.24, 2.45) is 0 Å². The van der Waals surface area contributed by atoms with Crippen molar-refractivity contribution in [2.75, 3.05) is 13.2 Å². The van der Waals surface area contributed by atoms with Crippen molar-refractivity contribution in [2.45, 2.75) is 39.0 Å². The summed E-state index contributed by atoms with van der Waals surface area (Å²) in [5.74, 6) is -0.350. The molecule has 0 fully saturated rings. The molecular formula is C19H23ClO4S. The minimum atomic E-state index is -0.847. The lowest BCUT2D eigenvalue weighted by Crippen LogP contribution is -2.13. The van der Waals surface area contributed by atoms with E-state index < -0.39 is 11.9 Å². The number of unbranched alkanes of at least 4 members (excludes halogenated alkanes) is 1. The first-order valence-corrected chi connectivity index (χ1v) is 9.66. The predicted molar refractivity (Wildman–Crippen MR) is 101 cm³/mol. The first-order chi connectivity index (χ1) is 12.1. The van der Waals surface area contributed by atoms with Crippen molar-refractivity contribution in [1.29, 1.82) is 0 Å². The third kappa shape index (κ3) is 5.38. The molecule has 0 spiro atoms. The molecule has 0 aliphatic heterocycles. The molecule has 0 amide bonds. The van der Waals surface area contributed by atoms with Crippen LogP contribution in [0, 0.1) is 0 Å². The van der Waals surface area contributed by atoms with Gasteiger partial charge in [0.05, 0.1) is 24.2 Å². The minimum Gasteiger partial charge on any atom is -0.490 e. The van der Waals surface area contributed by atoms with E-state index in [1.807, 2.05) is 30.5 Å². The van der Waals surface area contributed by atoms with Gasteiger partial charge in [0.15, 0.2) is 11.5 Å². The molecule has 4 nitrogen and oxygen atoms in total. The lowest BCUT2D eigenvalue weighted by Gasteiger charge is -2.17. The Kier molecular flexibility index (Phi) is 7.59. The second-order valence-electron chi connectivity index (χ2n) is 5.65. The lowest BCUT2D eigenvalue weighted by molar-refractivity contribution is -0.138. The Balaban J connectivity index is 2.27. The van der Waals surface area contributed by atoms with E-state index in [1.54, 1.807) is 6.07 Å². The SMILES string of the molecule is CCCCOc1c(Cl)cc(CC(C(=O)O)c2cccs2)cc1OCC. The van der Waals surface area contributed by atoms with E-state index in [1.165, 1.54) is 11.3 Å². The third-order valence-electron chi connectivity index (χ3n) is 3.74. The number of carbonyl (C=O) groups is 1. The van der Waals surface area contributed by atoms with Crippen LogP contribution in [-0.4, -0.2) is 24.3 Å². The van der Waals surface area contributed by atoms with E-state index in [4.69, 9.17) is 21.1 Å². The van der Waals surface area contributed by atoms with Crippen LogP contribution in [0.1, 0.15) is 43.0 Å². The van der Waals surface area contributed by atoms with E-state index >= 15 is 0 Å². The number of carboxylic acid groups (broad SMARTS) is 1. The highest BCUT2D eigenvalue weighted by molar-refractivity contribution is 7.10. The normalized spacial score (nSPS) is 12.0. The Hall–Kier alpha value is -1.72. The highest BCUT2D eigenvalue weighted by Gasteiger charge is 2.23. The van der Waals surface area contributed by atoms with Crippen LogP contribution in [0.4, 0.5) is 0 Å². The second kappa shape index (κ2) is 9.68. The summed E-state index contributed by atoms with van der Waals surface area (Å²) in [5.41, 5.74) is 0.817. The number of thiophene rings is 1. The number of rotatable bonds is 10. The largest absolute Gasteiger partial charge is 0.490 e. The molecule has 0 aliphatic rings. The van der Waals surface area contributed by atoms with Gasteiger partial charge in [0.25, 0.3) is 0 Å². The first kappa shape index (κ1) is 19.6. The zero-order valence-electron chi connectivity index (χ0n) is 14.5. The molecule has 1 aromatic heterocycles. The summed E-state index contributed by atoms with van der Waals surface area (Å²) in [7, 11) is 0. The van der Waals surface area contributed by atoms with Crippen LogP contribution in [0.3, 0.4) is 0 Å². The summed E-state index contributed by atoms with van der Waals surface area (Å²) in [6, 6.07) is 7.31. The quantitative estimate of drug-likeness (QED) is 0.559. The fraction of sp³-hybridized carbons (Fsp3) is 0.421. The molecule has 0 aliphatic carbocycles. The fourth-order valence-corrected chi connectivity index (χ4v) is 3.60. The Morgan fingerprint density at radius 2 is 2.12 bits per heavy atom. The second-order valence-corrected chi connectivity index (χ2v) is 7.04. The Morgan fingerprint density at radius 1 is 1.32 bits per heavy atom. The molecule has 1 atom stereocenters. The van der Waals surface area contributed by atoms with Crippen LogP contribution in [0.25, 0.3) is 0 Å². The molecular weight excluding hydrogens is 360 g/mol. The summed E-state index contributed by atoms with van der Waals surface area (Å²) < 4.78 is 11.4. The maximum Gasteiger partial charge on any atom is 0.312 e. The summed E-state index contributed by atoms with van der Waals surface area (Å²) in [5, 5.41) is 11.9. The Bertz CT molecular complexity index is 685. The van der Waals surface area contributed by atoms with Crippen LogP contribution in [-0.2, 0) is 11.2 Å². The highest BCUT2D eigenvalue weighted by atomic mass is 35.5. The molecule has 0 saturated heterocycles. The number of hydrogen-bond donors (Lipinski definition) is 1. The number of ether oxygens (including phenoxy) is 2. The zero-order valence-corrected chi connectivity index (χ0v) is 16.0. The van der Waals surface area contributed by atoms with Gasteiger partial charge in [-0.1, -0.05) is 31.0 Å². The van der Waals surface area contributed by atoms with Crippen molar-refractivity contribution in [3.63, 3.8) is 0 Å². The minimum absolute atomic E-state index is 0.352. The van der Waals surface area contributed by atoms with Gasteiger partial charge in [-0.2, -0.15) is 0 Å². The number of benzene rings is 1. The Morgan fingerprint density at radius 3 is 2.72 bits per heavy atom. The van der Waals surface area contributed by atoms with Gasteiger partial charge in [0, 0.05) is 4.88 Å². The summed E-state index contributed by atoms with van der Waals surface area (Å²) >= 11 is 7.83. The van der Waals surface area contributed by atoms with Crippen molar-refractivity contribution >= 4 is 28.9 Å². The van der Waals surface area contributed by atoms with Gasteiger partial charge in [0.1, 0.15) is 0 Å². The van der Waals surface area contributed by atoms with Gasteiger partial charge in [-0.3, -0.25) is 4.79 Å². The molecule has 25 heavy (non-hydrogen) atoms. The van der Waals surface area contributed by atoms with Gasteiger partial charge >= 0.3 is 5.97 Å².